The van der Waals surface area contributed by atoms with Crippen LogP contribution in [0.2, 0.25) is 0 Å². The fraction of sp³-hybridized carbons (Fsp3) is 0.174. The van der Waals surface area contributed by atoms with Gasteiger partial charge in [-0.05, 0) is 44.2 Å². The van der Waals surface area contributed by atoms with Gasteiger partial charge in [0.25, 0.3) is 5.78 Å². The Hall–Kier alpha value is -3.94. The monoisotopic (exact) mass is 422 g/mol. The summed E-state index contributed by atoms with van der Waals surface area (Å²) in [7, 11) is 0. The van der Waals surface area contributed by atoms with Crippen molar-refractivity contribution in [3.8, 4) is 5.75 Å². The van der Waals surface area contributed by atoms with Gasteiger partial charge in [-0.1, -0.05) is 23.4 Å². The number of hydrogen-bond donors (Lipinski definition) is 1. The summed E-state index contributed by atoms with van der Waals surface area (Å²) in [6, 6.07) is 12.4. The highest BCUT2D eigenvalue weighted by Crippen LogP contribution is 2.42. The van der Waals surface area contributed by atoms with E-state index in [0.29, 0.717) is 23.7 Å². The lowest BCUT2D eigenvalue weighted by atomic mass is 9.95. The van der Waals surface area contributed by atoms with Crippen LogP contribution in [-0.2, 0) is 9.59 Å². The largest absolute Gasteiger partial charge is 0.507 e. The fourth-order valence-electron chi connectivity index (χ4n) is 3.56. The zero-order valence-corrected chi connectivity index (χ0v) is 16.8. The standard InChI is InChI=1S/C23H19FN2O5/c1-3-30-15-10-8-14(9-11-15)21(27)19-20(16-6-4-5-7-17(16)24)26(23(29)22(19)28)18-12-13(2)31-25-18/h4-12,20,27H,3H2,1-2H3/t20-/m0/s1. The lowest BCUT2D eigenvalue weighted by Crippen LogP contribution is -2.30. The summed E-state index contributed by atoms with van der Waals surface area (Å²) in [5, 5.41) is 14.8. The molecule has 0 spiro atoms. The number of carbonyl (C=O) groups is 2. The van der Waals surface area contributed by atoms with Crippen LogP contribution in [0.25, 0.3) is 5.76 Å². The van der Waals surface area contributed by atoms with Crippen LogP contribution in [0.1, 0.15) is 29.9 Å². The first-order chi connectivity index (χ1) is 14.9. The van der Waals surface area contributed by atoms with E-state index < -0.39 is 29.3 Å². The predicted molar refractivity (Wildman–Crippen MR) is 110 cm³/mol. The minimum Gasteiger partial charge on any atom is -0.507 e. The van der Waals surface area contributed by atoms with Gasteiger partial charge in [0.1, 0.15) is 23.1 Å². The van der Waals surface area contributed by atoms with Crippen LogP contribution in [-0.4, -0.2) is 28.6 Å². The van der Waals surface area contributed by atoms with Gasteiger partial charge in [-0.2, -0.15) is 0 Å². The van der Waals surface area contributed by atoms with Crippen LogP contribution in [0.15, 0.2) is 64.7 Å². The maximum Gasteiger partial charge on any atom is 0.301 e. The predicted octanol–water partition coefficient (Wildman–Crippen LogP) is 4.15. The number of Topliss-reactive ketones (excluding diaryl/α,β-unsaturated/α-hetero) is 1. The number of aryl methyl sites for hydroxylation is 1. The molecule has 1 atom stereocenters. The summed E-state index contributed by atoms with van der Waals surface area (Å²) in [5.74, 6) is -1.87. The van der Waals surface area contributed by atoms with Gasteiger partial charge < -0.3 is 14.4 Å². The molecule has 1 aromatic heterocycles. The minimum absolute atomic E-state index is 0.0508. The minimum atomic E-state index is -1.21. The number of benzene rings is 2. The van der Waals surface area contributed by atoms with E-state index >= 15 is 0 Å². The number of amides is 1. The highest BCUT2D eigenvalue weighted by molar-refractivity contribution is 6.51. The van der Waals surface area contributed by atoms with Crippen molar-refractivity contribution in [2.45, 2.75) is 19.9 Å². The maximum atomic E-state index is 14.8. The first kappa shape index (κ1) is 20.3. The Morgan fingerprint density at radius 3 is 2.52 bits per heavy atom. The van der Waals surface area contributed by atoms with Gasteiger partial charge in [0.2, 0.25) is 0 Å². The molecule has 4 rings (SSSR count). The molecular formula is C23H19FN2O5. The Labute approximate surface area is 177 Å². The third kappa shape index (κ3) is 3.56. The molecular weight excluding hydrogens is 403 g/mol. The van der Waals surface area contributed by atoms with Crippen molar-refractivity contribution in [2.75, 3.05) is 11.5 Å². The molecule has 2 aromatic carbocycles. The van der Waals surface area contributed by atoms with Gasteiger partial charge in [-0.3, -0.25) is 14.5 Å². The molecule has 2 heterocycles. The van der Waals surface area contributed by atoms with E-state index in [0.717, 1.165) is 4.90 Å². The van der Waals surface area contributed by atoms with E-state index in [2.05, 4.69) is 5.16 Å². The summed E-state index contributed by atoms with van der Waals surface area (Å²) in [5.41, 5.74) is 0.105. The number of ether oxygens (including phenoxy) is 1. The molecule has 31 heavy (non-hydrogen) atoms. The number of aromatic nitrogens is 1. The molecule has 7 nitrogen and oxygen atoms in total. The molecule has 1 aliphatic heterocycles. The Morgan fingerprint density at radius 1 is 1.19 bits per heavy atom. The third-order valence-electron chi connectivity index (χ3n) is 4.95. The van der Waals surface area contributed by atoms with Crippen LogP contribution >= 0.6 is 0 Å². The molecule has 1 fully saturated rings. The van der Waals surface area contributed by atoms with Gasteiger partial charge in [-0.15, -0.1) is 0 Å². The molecule has 1 amide bonds. The summed E-state index contributed by atoms with van der Waals surface area (Å²) in [6.45, 7) is 3.95. The first-order valence-corrected chi connectivity index (χ1v) is 9.64. The van der Waals surface area contributed by atoms with E-state index in [1.807, 2.05) is 6.92 Å². The van der Waals surface area contributed by atoms with Crippen molar-refractivity contribution in [3.63, 3.8) is 0 Å². The van der Waals surface area contributed by atoms with Crippen molar-refractivity contribution >= 4 is 23.3 Å². The van der Waals surface area contributed by atoms with Crippen LogP contribution in [0.5, 0.6) is 5.75 Å². The quantitative estimate of drug-likeness (QED) is 0.377. The van der Waals surface area contributed by atoms with Crippen molar-refractivity contribution in [2.24, 2.45) is 0 Å². The molecule has 0 radical (unpaired) electrons. The highest BCUT2D eigenvalue weighted by atomic mass is 19.1. The second-order valence-electron chi connectivity index (χ2n) is 6.94. The van der Waals surface area contributed by atoms with Crippen LogP contribution < -0.4 is 9.64 Å². The molecule has 8 heteroatoms. The number of aliphatic hydroxyl groups is 1. The van der Waals surface area contributed by atoms with Crippen molar-refractivity contribution in [1.82, 2.24) is 5.16 Å². The molecule has 158 valence electrons. The summed E-state index contributed by atoms with van der Waals surface area (Å²) in [4.78, 5) is 26.9. The maximum absolute atomic E-state index is 14.8. The number of hydrogen-bond acceptors (Lipinski definition) is 6. The Balaban J connectivity index is 1.90. The second kappa shape index (κ2) is 8.06. The average Bonchev–Trinajstić information content (AvgIpc) is 3.29. The van der Waals surface area contributed by atoms with E-state index in [1.54, 1.807) is 37.3 Å². The number of nitrogens with zero attached hydrogens (tertiary/aromatic N) is 2. The zero-order valence-electron chi connectivity index (χ0n) is 16.8. The number of aliphatic hydroxyl groups excluding tert-OH is 1. The fourth-order valence-corrected chi connectivity index (χ4v) is 3.56. The van der Waals surface area contributed by atoms with E-state index in [1.165, 1.54) is 24.3 Å². The highest BCUT2D eigenvalue weighted by Gasteiger charge is 2.48. The second-order valence-corrected chi connectivity index (χ2v) is 6.94. The lowest BCUT2D eigenvalue weighted by Gasteiger charge is -2.23. The smallest absolute Gasteiger partial charge is 0.301 e. The van der Waals surface area contributed by atoms with E-state index in [4.69, 9.17) is 9.26 Å². The number of ketones is 1. The van der Waals surface area contributed by atoms with Crippen molar-refractivity contribution in [1.29, 1.82) is 0 Å². The summed E-state index contributed by atoms with van der Waals surface area (Å²) >= 11 is 0. The molecule has 0 saturated carbocycles. The van der Waals surface area contributed by atoms with Crippen LogP contribution in [0.3, 0.4) is 0 Å². The van der Waals surface area contributed by atoms with Gasteiger partial charge in [0.05, 0.1) is 18.2 Å². The van der Waals surface area contributed by atoms with Gasteiger partial charge in [0, 0.05) is 17.2 Å². The third-order valence-corrected chi connectivity index (χ3v) is 4.95. The van der Waals surface area contributed by atoms with Crippen LogP contribution in [0, 0.1) is 12.7 Å². The lowest BCUT2D eigenvalue weighted by molar-refractivity contribution is -0.132. The van der Waals surface area contributed by atoms with Gasteiger partial charge >= 0.3 is 5.91 Å². The molecule has 1 saturated heterocycles. The SMILES string of the molecule is CCOc1ccc(C(O)=C2C(=O)C(=O)N(c3cc(C)on3)[C@H]2c2ccccc2F)cc1. The number of anilines is 1. The molecule has 1 aliphatic rings. The number of carbonyl (C=O) groups excluding carboxylic acids is 2. The van der Waals surface area contributed by atoms with Crippen LogP contribution in [0.4, 0.5) is 10.2 Å². The first-order valence-electron chi connectivity index (χ1n) is 9.64. The Kier molecular flexibility index (Phi) is 5.29. The molecule has 0 unspecified atom stereocenters. The molecule has 0 aliphatic carbocycles. The Bertz CT molecular complexity index is 1180. The van der Waals surface area contributed by atoms with Gasteiger partial charge in [-0.25, -0.2) is 4.39 Å². The van der Waals surface area contributed by atoms with Gasteiger partial charge in [0.15, 0.2) is 5.82 Å². The van der Waals surface area contributed by atoms with Crippen molar-refractivity contribution < 1.29 is 28.3 Å². The van der Waals surface area contributed by atoms with E-state index in [9.17, 15) is 19.1 Å². The summed E-state index contributed by atoms with van der Waals surface area (Å²) < 4.78 is 25.2. The zero-order chi connectivity index (χ0) is 22.1. The molecule has 0 bridgehead atoms. The average molecular weight is 422 g/mol. The number of halogens is 1. The van der Waals surface area contributed by atoms with E-state index in [-0.39, 0.29) is 17.0 Å². The van der Waals surface area contributed by atoms with Crippen molar-refractivity contribution in [3.05, 3.63) is 82.9 Å². The normalized spacial score (nSPS) is 17.9. The molecule has 1 N–H and O–H groups in total. The number of rotatable bonds is 5. The Morgan fingerprint density at radius 2 is 1.90 bits per heavy atom. The molecule has 3 aromatic rings. The summed E-state index contributed by atoms with van der Waals surface area (Å²) in [6.07, 6.45) is 0. The topological polar surface area (TPSA) is 92.9 Å².